The summed E-state index contributed by atoms with van der Waals surface area (Å²) in [5, 5.41) is 0. The molecular formula is C11H25NO. The number of likely N-dealkylation sites (N-methyl/N-ethyl adjacent to an activating group) is 1. The summed E-state index contributed by atoms with van der Waals surface area (Å²) >= 11 is 0. The molecule has 0 aliphatic carbocycles. The fraction of sp³-hybridized carbons (Fsp3) is 1.00. The van der Waals surface area contributed by atoms with Crippen LogP contribution in [0.2, 0.25) is 0 Å². The lowest BCUT2D eigenvalue weighted by Crippen LogP contribution is -2.44. The van der Waals surface area contributed by atoms with E-state index < -0.39 is 0 Å². The van der Waals surface area contributed by atoms with Crippen LogP contribution in [0.5, 0.6) is 0 Å². The summed E-state index contributed by atoms with van der Waals surface area (Å²) in [4.78, 5) is 2.28. The van der Waals surface area contributed by atoms with Crippen molar-refractivity contribution in [2.45, 2.75) is 45.8 Å². The minimum absolute atomic E-state index is 0.366. The lowest BCUT2D eigenvalue weighted by Gasteiger charge is -2.35. The van der Waals surface area contributed by atoms with E-state index in [9.17, 15) is 0 Å². The minimum Gasteiger partial charge on any atom is -0.380 e. The van der Waals surface area contributed by atoms with Crippen LogP contribution in [0, 0.1) is 5.92 Å². The van der Waals surface area contributed by atoms with E-state index in [1.807, 2.05) is 7.11 Å². The SMILES string of the molecule is CCC(C)C([C@@H](CC)OC)N(C)C. The summed E-state index contributed by atoms with van der Waals surface area (Å²) in [6, 6.07) is 0.542. The number of rotatable bonds is 6. The van der Waals surface area contributed by atoms with Crippen molar-refractivity contribution in [2.75, 3.05) is 21.2 Å². The summed E-state index contributed by atoms with van der Waals surface area (Å²) in [6.07, 6.45) is 2.66. The molecule has 0 heterocycles. The Bertz CT molecular complexity index is 121. The van der Waals surface area contributed by atoms with Crippen LogP contribution >= 0.6 is 0 Å². The summed E-state index contributed by atoms with van der Waals surface area (Å²) < 4.78 is 5.50. The summed E-state index contributed by atoms with van der Waals surface area (Å²) in [6.45, 7) is 6.73. The monoisotopic (exact) mass is 187 g/mol. The van der Waals surface area contributed by atoms with E-state index in [1.165, 1.54) is 6.42 Å². The van der Waals surface area contributed by atoms with Crippen LogP contribution in [0.25, 0.3) is 0 Å². The van der Waals surface area contributed by atoms with Crippen molar-refractivity contribution in [3.63, 3.8) is 0 Å². The summed E-state index contributed by atoms with van der Waals surface area (Å²) in [5.74, 6) is 0.694. The van der Waals surface area contributed by atoms with Crippen LogP contribution in [-0.2, 0) is 4.74 Å². The third-order valence-electron chi connectivity index (χ3n) is 2.91. The van der Waals surface area contributed by atoms with Crippen LogP contribution in [0.1, 0.15) is 33.6 Å². The smallest absolute Gasteiger partial charge is 0.0726 e. The highest BCUT2D eigenvalue weighted by molar-refractivity contribution is 4.80. The van der Waals surface area contributed by atoms with Gasteiger partial charge in [0.25, 0.3) is 0 Å². The first-order valence-corrected chi connectivity index (χ1v) is 5.27. The summed E-state index contributed by atoms with van der Waals surface area (Å²) in [7, 11) is 6.09. The van der Waals surface area contributed by atoms with Gasteiger partial charge in [-0.1, -0.05) is 27.2 Å². The molecule has 3 atom stereocenters. The first-order valence-electron chi connectivity index (χ1n) is 5.27. The predicted octanol–water partition coefficient (Wildman–Crippen LogP) is 2.39. The fourth-order valence-corrected chi connectivity index (χ4v) is 2.00. The quantitative estimate of drug-likeness (QED) is 0.633. The van der Waals surface area contributed by atoms with Crippen molar-refractivity contribution in [2.24, 2.45) is 5.92 Å². The molecule has 13 heavy (non-hydrogen) atoms. The molecular weight excluding hydrogens is 162 g/mol. The van der Waals surface area contributed by atoms with Crippen molar-refractivity contribution in [3.8, 4) is 0 Å². The molecule has 2 nitrogen and oxygen atoms in total. The maximum Gasteiger partial charge on any atom is 0.0726 e. The molecule has 0 aromatic heterocycles. The highest BCUT2D eigenvalue weighted by atomic mass is 16.5. The molecule has 2 unspecified atom stereocenters. The van der Waals surface area contributed by atoms with Crippen molar-refractivity contribution >= 4 is 0 Å². The van der Waals surface area contributed by atoms with Crippen LogP contribution in [0.15, 0.2) is 0 Å². The predicted molar refractivity (Wildman–Crippen MR) is 58.0 cm³/mol. The number of methoxy groups -OCH3 is 1. The lowest BCUT2D eigenvalue weighted by molar-refractivity contribution is 0.00670. The van der Waals surface area contributed by atoms with Crippen LogP contribution < -0.4 is 0 Å². The Morgan fingerprint density at radius 2 is 1.69 bits per heavy atom. The van der Waals surface area contributed by atoms with E-state index in [2.05, 4.69) is 39.8 Å². The Labute approximate surface area is 83.3 Å². The van der Waals surface area contributed by atoms with Gasteiger partial charge >= 0.3 is 0 Å². The van der Waals surface area contributed by atoms with Crippen LogP contribution in [-0.4, -0.2) is 38.3 Å². The molecule has 0 radical (unpaired) electrons. The number of hydrogen-bond donors (Lipinski definition) is 0. The summed E-state index contributed by atoms with van der Waals surface area (Å²) in [5.41, 5.74) is 0. The largest absolute Gasteiger partial charge is 0.380 e. The first-order chi connectivity index (χ1) is 6.08. The molecule has 0 aliphatic heterocycles. The molecule has 0 rings (SSSR count). The van der Waals surface area contributed by atoms with Gasteiger partial charge in [0, 0.05) is 13.2 Å². The Hall–Kier alpha value is -0.0800. The van der Waals surface area contributed by atoms with Crippen LogP contribution in [0.3, 0.4) is 0 Å². The standard InChI is InChI=1S/C11H25NO/c1-7-9(3)11(12(4)5)10(8-2)13-6/h9-11H,7-8H2,1-6H3/t9?,10-,11?/m1/s1. The average Bonchev–Trinajstić information content (AvgIpc) is 2.12. The second-order valence-corrected chi connectivity index (χ2v) is 4.02. The van der Waals surface area contributed by atoms with Gasteiger partial charge in [0.1, 0.15) is 0 Å². The zero-order valence-electron chi connectivity index (χ0n) is 10.0. The van der Waals surface area contributed by atoms with Gasteiger partial charge in [0.15, 0.2) is 0 Å². The van der Waals surface area contributed by atoms with Gasteiger partial charge in [-0.25, -0.2) is 0 Å². The maximum absolute atomic E-state index is 5.50. The molecule has 80 valence electrons. The van der Waals surface area contributed by atoms with Gasteiger partial charge < -0.3 is 9.64 Å². The topological polar surface area (TPSA) is 12.5 Å². The molecule has 0 saturated heterocycles. The highest BCUT2D eigenvalue weighted by Gasteiger charge is 2.26. The second-order valence-electron chi connectivity index (χ2n) is 4.02. The minimum atomic E-state index is 0.366. The molecule has 0 N–H and O–H groups in total. The fourth-order valence-electron chi connectivity index (χ4n) is 2.00. The van der Waals surface area contributed by atoms with E-state index >= 15 is 0 Å². The van der Waals surface area contributed by atoms with E-state index in [-0.39, 0.29) is 0 Å². The van der Waals surface area contributed by atoms with Gasteiger partial charge in [-0.2, -0.15) is 0 Å². The highest BCUT2D eigenvalue weighted by Crippen LogP contribution is 2.19. The second kappa shape index (κ2) is 6.39. The Balaban J connectivity index is 4.38. The molecule has 0 fully saturated rings. The van der Waals surface area contributed by atoms with Crippen LogP contribution in [0.4, 0.5) is 0 Å². The zero-order chi connectivity index (χ0) is 10.4. The third kappa shape index (κ3) is 3.65. The first kappa shape index (κ1) is 12.9. The van der Waals surface area contributed by atoms with E-state index in [0.29, 0.717) is 18.1 Å². The number of nitrogens with zero attached hydrogens (tertiary/aromatic N) is 1. The Morgan fingerprint density at radius 3 is 1.92 bits per heavy atom. The van der Waals surface area contributed by atoms with Gasteiger partial charge in [-0.15, -0.1) is 0 Å². The third-order valence-corrected chi connectivity index (χ3v) is 2.91. The molecule has 0 spiro atoms. The van der Waals surface area contributed by atoms with Gasteiger partial charge in [0.2, 0.25) is 0 Å². The maximum atomic E-state index is 5.50. The van der Waals surface area contributed by atoms with Crippen molar-refractivity contribution in [3.05, 3.63) is 0 Å². The van der Waals surface area contributed by atoms with Crippen molar-refractivity contribution in [1.29, 1.82) is 0 Å². The molecule has 2 heteroatoms. The molecule has 0 aromatic carbocycles. The van der Waals surface area contributed by atoms with E-state index in [1.54, 1.807) is 0 Å². The lowest BCUT2D eigenvalue weighted by atomic mass is 9.92. The average molecular weight is 187 g/mol. The molecule has 0 amide bonds. The van der Waals surface area contributed by atoms with E-state index in [0.717, 1.165) is 6.42 Å². The molecule has 0 aromatic rings. The Kier molecular flexibility index (Phi) is 6.35. The number of ether oxygens (including phenoxy) is 1. The van der Waals surface area contributed by atoms with Gasteiger partial charge in [0.05, 0.1) is 6.10 Å². The van der Waals surface area contributed by atoms with E-state index in [4.69, 9.17) is 4.74 Å². The Morgan fingerprint density at radius 1 is 1.15 bits per heavy atom. The van der Waals surface area contributed by atoms with Gasteiger partial charge in [-0.3, -0.25) is 0 Å². The van der Waals surface area contributed by atoms with Crippen molar-refractivity contribution < 1.29 is 4.74 Å². The number of hydrogen-bond acceptors (Lipinski definition) is 2. The zero-order valence-corrected chi connectivity index (χ0v) is 10.0. The molecule has 0 saturated carbocycles. The normalized spacial score (nSPS) is 18.7. The van der Waals surface area contributed by atoms with Gasteiger partial charge in [-0.05, 0) is 26.4 Å². The molecule has 0 bridgehead atoms. The molecule has 0 aliphatic rings. The van der Waals surface area contributed by atoms with Crippen molar-refractivity contribution in [1.82, 2.24) is 4.90 Å².